The summed E-state index contributed by atoms with van der Waals surface area (Å²) in [6.45, 7) is 6.98. The van der Waals surface area contributed by atoms with Crippen LogP contribution in [0.3, 0.4) is 0 Å². The van der Waals surface area contributed by atoms with Gasteiger partial charge < -0.3 is 0 Å². The van der Waals surface area contributed by atoms with Gasteiger partial charge in [0, 0.05) is 5.56 Å². The average molecular weight is 383 g/mol. The standard InChI is InChI=1S/C25H25N3O/c1-25(2,3)21-14-16-22(17-15-21)28-23(20-12-8-5-9-13-20)26-27(24(28)29)18-19-10-6-4-7-11-19/h4-17H,18H2,1-3H3. The minimum Gasteiger partial charge on any atom is -0.246 e. The van der Waals surface area contributed by atoms with Crippen LogP contribution in [-0.4, -0.2) is 14.3 Å². The molecule has 0 bridgehead atoms. The molecule has 0 spiro atoms. The number of aromatic nitrogens is 3. The summed E-state index contributed by atoms with van der Waals surface area (Å²) in [6.07, 6.45) is 0. The smallest absolute Gasteiger partial charge is 0.246 e. The number of benzene rings is 3. The molecule has 1 heterocycles. The fourth-order valence-electron chi connectivity index (χ4n) is 3.38. The van der Waals surface area contributed by atoms with E-state index < -0.39 is 0 Å². The lowest BCUT2D eigenvalue weighted by atomic mass is 9.87. The van der Waals surface area contributed by atoms with Crippen molar-refractivity contribution < 1.29 is 0 Å². The maximum atomic E-state index is 13.3. The highest BCUT2D eigenvalue weighted by Gasteiger charge is 2.18. The Morgan fingerprint density at radius 3 is 1.97 bits per heavy atom. The van der Waals surface area contributed by atoms with Crippen LogP contribution in [0.5, 0.6) is 0 Å². The Bertz CT molecular complexity index is 1150. The van der Waals surface area contributed by atoms with E-state index in [0.29, 0.717) is 12.4 Å². The van der Waals surface area contributed by atoms with Crippen LogP contribution in [0.15, 0.2) is 89.7 Å². The van der Waals surface area contributed by atoms with Crippen LogP contribution in [0.25, 0.3) is 17.1 Å². The van der Waals surface area contributed by atoms with Gasteiger partial charge in [-0.1, -0.05) is 93.6 Å². The Morgan fingerprint density at radius 1 is 0.793 bits per heavy atom. The lowest BCUT2D eigenvalue weighted by Gasteiger charge is -2.19. The molecule has 3 aromatic carbocycles. The molecule has 0 N–H and O–H groups in total. The van der Waals surface area contributed by atoms with Crippen LogP contribution in [-0.2, 0) is 12.0 Å². The summed E-state index contributed by atoms with van der Waals surface area (Å²) >= 11 is 0. The van der Waals surface area contributed by atoms with Crippen molar-refractivity contribution in [2.24, 2.45) is 0 Å². The highest BCUT2D eigenvalue weighted by Crippen LogP contribution is 2.25. The van der Waals surface area contributed by atoms with Crippen molar-refractivity contribution in [1.29, 1.82) is 0 Å². The van der Waals surface area contributed by atoms with Crippen molar-refractivity contribution in [3.05, 3.63) is 107 Å². The minimum atomic E-state index is -0.142. The molecule has 0 aliphatic heterocycles. The van der Waals surface area contributed by atoms with Gasteiger partial charge >= 0.3 is 5.69 Å². The Labute approximate surface area is 171 Å². The van der Waals surface area contributed by atoms with Crippen LogP contribution in [0.2, 0.25) is 0 Å². The Hall–Kier alpha value is -3.40. The van der Waals surface area contributed by atoms with Crippen molar-refractivity contribution in [2.75, 3.05) is 0 Å². The third-order valence-corrected chi connectivity index (χ3v) is 5.04. The van der Waals surface area contributed by atoms with Gasteiger partial charge in [0.1, 0.15) is 0 Å². The van der Waals surface area contributed by atoms with Gasteiger partial charge in [-0.05, 0) is 28.7 Å². The van der Waals surface area contributed by atoms with Crippen molar-refractivity contribution in [1.82, 2.24) is 14.3 Å². The molecule has 0 atom stereocenters. The van der Waals surface area contributed by atoms with Crippen LogP contribution in [0, 0.1) is 0 Å². The molecule has 4 heteroatoms. The third-order valence-electron chi connectivity index (χ3n) is 5.04. The zero-order valence-corrected chi connectivity index (χ0v) is 17.0. The second-order valence-electron chi connectivity index (χ2n) is 8.25. The molecule has 0 fully saturated rings. The first-order valence-corrected chi connectivity index (χ1v) is 9.83. The predicted molar refractivity (Wildman–Crippen MR) is 118 cm³/mol. The monoisotopic (exact) mass is 383 g/mol. The van der Waals surface area contributed by atoms with E-state index in [0.717, 1.165) is 16.8 Å². The Balaban J connectivity index is 1.84. The fourth-order valence-corrected chi connectivity index (χ4v) is 3.38. The minimum absolute atomic E-state index is 0.0588. The Morgan fingerprint density at radius 2 is 1.38 bits per heavy atom. The van der Waals surface area contributed by atoms with Crippen LogP contribution in [0.1, 0.15) is 31.9 Å². The van der Waals surface area contributed by atoms with Crippen molar-refractivity contribution in [3.8, 4) is 17.1 Å². The lowest BCUT2D eigenvalue weighted by Crippen LogP contribution is -2.24. The van der Waals surface area contributed by atoms with E-state index in [1.54, 1.807) is 4.57 Å². The number of nitrogens with zero attached hydrogens (tertiary/aromatic N) is 3. The number of hydrogen-bond acceptors (Lipinski definition) is 2. The first-order valence-electron chi connectivity index (χ1n) is 9.83. The molecule has 4 rings (SSSR count). The highest BCUT2D eigenvalue weighted by molar-refractivity contribution is 5.58. The van der Waals surface area contributed by atoms with Gasteiger partial charge in [-0.2, -0.15) is 0 Å². The van der Waals surface area contributed by atoms with Gasteiger partial charge in [0.05, 0.1) is 12.2 Å². The topological polar surface area (TPSA) is 39.8 Å². The molecule has 29 heavy (non-hydrogen) atoms. The number of hydrogen-bond donors (Lipinski definition) is 0. The zero-order valence-electron chi connectivity index (χ0n) is 17.0. The van der Waals surface area contributed by atoms with Gasteiger partial charge in [0.25, 0.3) is 0 Å². The van der Waals surface area contributed by atoms with Crippen molar-refractivity contribution in [3.63, 3.8) is 0 Å². The molecule has 0 saturated carbocycles. The maximum absolute atomic E-state index is 13.3. The van der Waals surface area contributed by atoms with Gasteiger partial charge in [-0.15, -0.1) is 5.10 Å². The summed E-state index contributed by atoms with van der Waals surface area (Å²) < 4.78 is 3.24. The molecular weight excluding hydrogens is 358 g/mol. The predicted octanol–water partition coefficient (Wildman–Crippen LogP) is 5.05. The normalized spacial score (nSPS) is 11.6. The summed E-state index contributed by atoms with van der Waals surface area (Å²) in [6, 6.07) is 28.0. The summed E-state index contributed by atoms with van der Waals surface area (Å²) in [7, 11) is 0. The van der Waals surface area contributed by atoms with Crippen molar-refractivity contribution >= 4 is 0 Å². The summed E-state index contributed by atoms with van der Waals surface area (Å²) in [5.74, 6) is 0.648. The van der Waals surface area contributed by atoms with E-state index in [1.165, 1.54) is 10.2 Å². The summed E-state index contributed by atoms with van der Waals surface area (Å²) in [5.41, 5.74) is 3.92. The molecular formula is C25H25N3O. The molecule has 0 radical (unpaired) electrons. The van der Waals surface area contributed by atoms with E-state index in [4.69, 9.17) is 0 Å². The van der Waals surface area contributed by atoms with Gasteiger partial charge in [0.15, 0.2) is 5.82 Å². The average Bonchev–Trinajstić information content (AvgIpc) is 3.05. The van der Waals surface area contributed by atoms with E-state index in [9.17, 15) is 4.79 Å². The maximum Gasteiger partial charge on any atom is 0.351 e. The molecule has 0 saturated heterocycles. The summed E-state index contributed by atoms with van der Waals surface area (Å²) in [5, 5.41) is 4.69. The van der Waals surface area contributed by atoms with E-state index in [-0.39, 0.29) is 11.1 Å². The molecule has 146 valence electrons. The summed E-state index contributed by atoms with van der Waals surface area (Å²) in [4.78, 5) is 13.3. The second-order valence-corrected chi connectivity index (χ2v) is 8.25. The molecule has 0 aliphatic carbocycles. The van der Waals surface area contributed by atoms with Gasteiger partial charge in [0.2, 0.25) is 0 Å². The van der Waals surface area contributed by atoms with E-state index in [2.05, 4.69) is 38.0 Å². The fraction of sp³-hybridized carbons (Fsp3) is 0.200. The SMILES string of the molecule is CC(C)(C)c1ccc(-n2c(-c3ccccc3)nn(Cc3ccccc3)c2=O)cc1. The second kappa shape index (κ2) is 7.55. The molecule has 1 aromatic heterocycles. The van der Waals surface area contributed by atoms with E-state index in [1.807, 2.05) is 72.8 Å². The first kappa shape index (κ1) is 18.9. The molecule has 0 unspecified atom stereocenters. The highest BCUT2D eigenvalue weighted by atomic mass is 16.2. The van der Waals surface area contributed by atoms with Crippen molar-refractivity contribution in [2.45, 2.75) is 32.7 Å². The van der Waals surface area contributed by atoms with E-state index >= 15 is 0 Å². The van der Waals surface area contributed by atoms with Crippen LogP contribution >= 0.6 is 0 Å². The molecule has 0 aliphatic rings. The lowest BCUT2D eigenvalue weighted by molar-refractivity contribution is 0.590. The largest absolute Gasteiger partial charge is 0.351 e. The van der Waals surface area contributed by atoms with Crippen LogP contribution < -0.4 is 5.69 Å². The Kier molecular flexibility index (Phi) is 4.93. The van der Waals surface area contributed by atoms with Crippen LogP contribution in [0.4, 0.5) is 0 Å². The zero-order chi connectivity index (χ0) is 20.4. The molecule has 0 amide bonds. The number of rotatable bonds is 4. The quantitative estimate of drug-likeness (QED) is 0.495. The van der Waals surface area contributed by atoms with Gasteiger partial charge in [-0.3, -0.25) is 0 Å². The molecule has 4 aromatic rings. The third kappa shape index (κ3) is 3.92. The molecule has 4 nitrogen and oxygen atoms in total. The first-order chi connectivity index (χ1) is 13.9. The van der Waals surface area contributed by atoms with Gasteiger partial charge in [-0.25, -0.2) is 14.0 Å².